The highest BCUT2D eigenvalue weighted by molar-refractivity contribution is 9.10. The van der Waals surface area contributed by atoms with Crippen molar-refractivity contribution in [1.29, 1.82) is 0 Å². The van der Waals surface area contributed by atoms with Gasteiger partial charge >= 0.3 is 0 Å². The Morgan fingerprint density at radius 2 is 1.75 bits per heavy atom. The molecule has 1 fully saturated rings. The number of ketones is 1. The van der Waals surface area contributed by atoms with Crippen molar-refractivity contribution in [1.82, 2.24) is 0 Å². The molecule has 24 heavy (non-hydrogen) atoms. The summed E-state index contributed by atoms with van der Waals surface area (Å²) >= 11 is 3.38. The van der Waals surface area contributed by atoms with Crippen molar-refractivity contribution in [3.05, 3.63) is 64.4 Å². The molecular formula is C19H21BrFN2O+. The number of carbonyl (C=O) groups is 1. The Labute approximate surface area is 150 Å². The van der Waals surface area contributed by atoms with Crippen LogP contribution in [0.1, 0.15) is 16.8 Å². The van der Waals surface area contributed by atoms with Crippen LogP contribution < -0.4 is 9.80 Å². The minimum absolute atomic E-state index is 0.161. The molecule has 1 aliphatic heterocycles. The van der Waals surface area contributed by atoms with Gasteiger partial charge in [-0.15, -0.1) is 0 Å². The predicted octanol–water partition coefficient (Wildman–Crippen LogP) is 2.57. The summed E-state index contributed by atoms with van der Waals surface area (Å²) in [7, 11) is 0. The van der Waals surface area contributed by atoms with Crippen LogP contribution in [0.15, 0.2) is 53.0 Å². The molecule has 3 rings (SSSR count). The predicted molar refractivity (Wildman–Crippen MR) is 97.3 cm³/mol. The van der Waals surface area contributed by atoms with Crippen molar-refractivity contribution in [2.45, 2.75) is 6.42 Å². The number of benzene rings is 2. The first-order valence-electron chi connectivity index (χ1n) is 8.25. The molecule has 0 spiro atoms. The largest absolute Gasteiger partial charge is 0.358 e. The molecule has 0 radical (unpaired) electrons. The molecule has 126 valence electrons. The smallest absolute Gasteiger partial charge is 0.168 e. The number of nitrogens with zero attached hydrogens (tertiary/aromatic N) is 1. The maximum atomic E-state index is 13.8. The maximum absolute atomic E-state index is 13.8. The third-order valence-corrected chi connectivity index (χ3v) is 5.06. The lowest BCUT2D eigenvalue weighted by atomic mass is 10.1. The molecule has 0 saturated carbocycles. The van der Waals surface area contributed by atoms with Gasteiger partial charge in [0.15, 0.2) is 5.78 Å². The molecular weight excluding hydrogens is 371 g/mol. The molecule has 0 bridgehead atoms. The molecule has 2 aromatic rings. The van der Waals surface area contributed by atoms with Crippen LogP contribution in [0, 0.1) is 5.82 Å². The molecule has 3 nitrogen and oxygen atoms in total. The summed E-state index contributed by atoms with van der Waals surface area (Å²) in [5.74, 6) is 0.0258. The molecule has 1 aliphatic rings. The van der Waals surface area contributed by atoms with E-state index < -0.39 is 0 Å². The minimum Gasteiger partial charge on any atom is -0.358 e. The number of quaternary nitrogens is 1. The Morgan fingerprint density at radius 1 is 1.08 bits per heavy atom. The second-order valence-electron chi connectivity index (χ2n) is 6.12. The monoisotopic (exact) mass is 391 g/mol. The van der Waals surface area contributed by atoms with Crippen molar-refractivity contribution in [2.24, 2.45) is 0 Å². The summed E-state index contributed by atoms with van der Waals surface area (Å²) in [6.07, 6.45) is 0.552. The number of para-hydroxylation sites is 1. The second kappa shape index (κ2) is 7.90. The lowest BCUT2D eigenvalue weighted by molar-refractivity contribution is -0.899. The molecule has 0 atom stereocenters. The fraction of sp³-hybridized carbons (Fsp3) is 0.316. The standard InChI is InChI=1S/C19H20BrFN2O/c20-16-7-5-15(6-8-16)19(24)9-10-22-11-13-23(14-12-22)18-4-2-1-3-17(18)21/h1-8H,9-14H2/p+1. The van der Waals surface area contributed by atoms with Crippen LogP contribution in [0.25, 0.3) is 0 Å². The van der Waals surface area contributed by atoms with Gasteiger partial charge in [-0.1, -0.05) is 40.2 Å². The molecule has 0 aromatic heterocycles. The zero-order chi connectivity index (χ0) is 16.9. The fourth-order valence-electron chi connectivity index (χ4n) is 3.09. The number of nitrogens with one attached hydrogen (secondary N) is 1. The summed E-state index contributed by atoms with van der Waals surface area (Å²) in [5, 5.41) is 0. The first-order valence-corrected chi connectivity index (χ1v) is 9.04. The van der Waals surface area contributed by atoms with Gasteiger partial charge in [0, 0.05) is 10.0 Å². The Bertz CT molecular complexity index is 697. The normalized spacial score (nSPS) is 15.5. The van der Waals surface area contributed by atoms with Gasteiger partial charge in [-0.25, -0.2) is 4.39 Å². The van der Waals surface area contributed by atoms with E-state index in [0.29, 0.717) is 12.1 Å². The Balaban J connectivity index is 1.48. The number of anilines is 1. The Hall–Kier alpha value is -1.72. The highest BCUT2D eigenvalue weighted by Crippen LogP contribution is 2.18. The van der Waals surface area contributed by atoms with Gasteiger partial charge in [0.1, 0.15) is 5.82 Å². The zero-order valence-electron chi connectivity index (χ0n) is 13.5. The van der Waals surface area contributed by atoms with Crippen LogP contribution in [-0.2, 0) is 0 Å². The van der Waals surface area contributed by atoms with Crippen LogP contribution in [0.4, 0.5) is 10.1 Å². The molecule has 0 aliphatic carbocycles. The molecule has 5 heteroatoms. The Morgan fingerprint density at radius 3 is 2.42 bits per heavy atom. The van der Waals surface area contributed by atoms with Crippen LogP contribution in [0.2, 0.25) is 0 Å². The molecule has 1 N–H and O–H groups in total. The van der Waals surface area contributed by atoms with Gasteiger partial charge < -0.3 is 9.80 Å². The summed E-state index contributed by atoms with van der Waals surface area (Å²) in [6.45, 7) is 4.34. The van der Waals surface area contributed by atoms with E-state index in [-0.39, 0.29) is 11.6 Å². The van der Waals surface area contributed by atoms with Crippen LogP contribution in [-0.4, -0.2) is 38.5 Å². The fourth-order valence-corrected chi connectivity index (χ4v) is 3.36. The number of rotatable bonds is 5. The van der Waals surface area contributed by atoms with Crippen molar-refractivity contribution in [3.8, 4) is 0 Å². The first-order chi connectivity index (χ1) is 11.6. The van der Waals surface area contributed by atoms with Crippen molar-refractivity contribution in [3.63, 3.8) is 0 Å². The van der Waals surface area contributed by atoms with E-state index in [1.165, 1.54) is 11.0 Å². The van der Waals surface area contributed by atoms with E-state index >= 15 is 0 Å². The van der Waals surface area contributed by atoms with E-state index in [0.717, 1.165) is 42.8 Å². The van der Waals surface area contributed by atoms with Gasteiger partial charge in [0.25, 0.3) is 0 Å². The third kappa shape index (κ3) is 4.22. The second-order valence-corrected chi connectivity index (χ2v) is 7.03. The third-order valence-electron chi connectivity index (χ3n) is 4.54. The van der Waals surface area contributed by atoms with Gasteiger partial charge in [-0.2, -0.15) is 0 Å². The average molecular weight is 392 g/mol. The van der Waals surface area contributed by atoms with Gasteiger partial charge in [-0.05, 0) is 24.3 Å². The summed E-state index contributed by atoms with van der Waals surface area (Å²) in [4.78, 5) is 15.7. The number of Topliss-reactive ketones (excluding diaryl/α,β-unsaturated/α-hetero) is 1. The molecule has 2 aromatic carbocycles. The molecule has 1 saturated heterocycles. The zero-order valence-corrected chi connectivity index (χ0v) is 15.1. The summed E-state index contributed by atoms with van der Waals surface area (Å²) < 4.78 is 14.8. The van der Waals surface area contributed by atoms with Gasteiger partial charge in [0.2, 0.25) is 0 Å². The summed E-state index contributed by atoms with van der Waals surface area (Å²) in [5.41, 5.74) is 1.45. The number of hydrogen-bond acceptors (Lipinski definition) is 2. The van der Waals surface area contributed by atoms with Crippen molar-refractivity contribution >= 4 is 27.4 Å². The van der Waals surface area contributed by atoms with Gasteiger partial charge in [-0.3, -0.25) is 4.79 Å². The van der Waals surface area contributed by atoms with E-state index in [1.807, 2.05) is 36.4 Å². The highest BCUT2D eigenvalue weighted by atomic mass is 79.9. The van der Waals surface area contributed by atoms with Crippen molar-refractivity contribution in [2.75, 3.05) is 37.6 Å². The number of piperazine rings is 1. The summed E-state index contributed by atoms with van der Waals surface area (Å²) in [6, 6.07) is 14.4. The molecule has 1 heterocycles. The average Bonchev–Trinajstić information content (AvgIpc) is 2.61. The lowest BCUT2D eigenvalue weighted by Gasteiger charge is -2.33. The molecule has 0 amide bonds. The SMILES string of the molecule is O=C(CC[NH+]1CCN(c2ccccc2F)CC1)c1ccc(Br)cc1. The molecule has 0 unspecified atom stereocenters. The quantitative estimate of drug-likeness (QED) is 0.792. The van der Waals surface area contributed by atoms with E-state index in [9.17, 15) is 9.18 Å². The van der Waals surface area contributed by atoms with E-state index in [4.69, 9.17) is 0 Å². The first kappa shape index (κ1) is 17.1. The van der Waals surface area contributed by atoms with E-state index in [2.05, 4.69) is 20.8 Å². The number of carbonyl (C=O) groups excluding carboxylic acids is 1. The van der Waals surface area contributed by atoms with Crippen LogP contribution in [0.3, 0.4) is 0 Å². The maximum Gasteiger partial charge on any atom is 0.168 e. The lowest BCUT2D eigenvalue weighted by Crippen LogP contribution is -3.15. The number of hydrogen-bond donors (Lipinski definition) is 1. The van der Waals surface area contributed by atoms with Crippen LogP contribution >= 0.6 is 15.9 Å². The van der Waals surface area contributed by atoms with Crippen LogP contribution in [0.5, 0.6) is 0 Å². The van der Waals surface area contributed by atoms with Crippen molar-refractivity contribution < 1.29 is 14.1 Å². The number of halogens is 2. The highest BCUT2D eigenvalue weighted by Gasteiger charge is 2.22. The Kier molecular flexibility index (Phi) is 5.63. The topological polar surface area (TPSA) is 24.8 Å². The minimum atomic E-state index is -0.161. The van der Waals surface area contributed by atoms with E-state index in [1.54, 1.807) is 6.07 Å². The van der Waals surface area contributed by atoms with Gasteiger partial charge in [0.05, 0.1) is 44.8 Å².